The van der Waals surface area contributed by atoms with Gasteiger partial charge < -0.3 is 14.4 Å². The number of ether oxygens (including phenoxy) is 2. The number of benzene rings is 2. The van der Waals surface area contributed by atoms with E-state index < -0.39 is 0 Å². The number of carbonyl (C=O) groups excluding carboxylic acids is 1. The van der Waals surface area contributed by atoms with Crippen molar-refractivity contribution in [2.45, 2.75) is 19.4 Å². The van der Waals surface area contributed by atoms with Gasteiger partial charge in [0.05, 0.1) is 32.5 Å². The van der Waals surface area contributed by atoms with E-state index in [-0.39, 0.29) is 11.9 Å². The summed E-state index contributed by atoms with van der Waals surface area (Å²) in [5.41, 5.74) is 4.02. The minimum Gasteiger partial charge on any atom is -0.497 e. The molecule has 1 atom stereocenters. The van der Waals surface area contributed by atoms with Crippen LogP contribution in [0.5, 0.6) is 11.5 Å². The molecule has 0 saturated carbocycles. The Morgan fingerprint density at radius 1 is 1.03 bits per heavy atom. The van der Waals surface area contributed by atoms with E-state index in [4.69, 9.17) is 14.6 Å². The number of nitrogens with zero attached hydrogens (tertiary/aromatic N) is 4. The molecule has 7 heteroatoms. The number of hydrogen-bond acceptors (Lipinski definition) is 6. The van der Waals surface area contributed by atoms with Crippen molar-refractivity contribution >= 4 is 11.6 Å². The zero-order valence-electron chi connectivity index (χ0n) is 19.4. The fourth-order valence-corrected chi connectivity index (χ4v) is 4.26. The van der Waals surface area contributed by atoms with Gasteiger partial charge in [0, 0.05) is 44.2 Å². The molecule has 2 aromatic carbocycles. The highest BCUT2D eigenvalue weighted by Gasteiger charge is 2.35. The summed E-state index contributed by atoms with van der Waals surface area (Å²) in [6, 6.07) is 14.0. The third-order valence-corrected chi connectivity index (χ3v) is 6.30. The van der Waals surface area contributed by atoms with Crippen molar-refractivity contribution in [3.05, 3.63) is 59.2 Å². The summed E-state index contributed by atoms with van der Waals surface area (Å²) in [4.78, 5) is 17.9. The molecule has 1 unspecified atom stereocenters. The van der Waals surface area contributed by atoms with E-state index in [0.717, 1.165) is 48.8 Å². The maximum atomic E-state index is 13.4. The van der Waals surface area contributed by atoms with Crippen molar-refractivity contribution in [1.29, 1.82) is 0 Å². The largest absolute Gasteiger partial charge is 0.497 e. The molecule has 1 amide bonds. The summed E-state index contributed by atoms with van der Waals surface area (Å²) >= 11 is 0. The van der Waals surface area contributed by atoms with Crippen LogP contribution in [0.3, 0.4) is 0 Å². The Kier molecular flexibility index (Phi) is 6.77. The minimum atomic E-state index is -0.127. The highest BCUT2D eigenvalue weighted by Crippen LogP contribution is 2.36. The molecule has 2 aliphatic heterocycles. The second-order valence-electron chi connectivity index (χ2n) is 8.56. The summed E-state index contributed by atoms with van der Waals surface area (Å²) in [5, 5.41) is 6.51. The topological polar surface area (TPSA) is 57.6 Å². The quantitative estimate of drug-likeness (QED) is 0.697. The first-order valence-electron chi connectivity index (χ1n) is 11.1. The molecule has 2 aliphatic rings. The smallest absolute Gasteiger partial charge is 0.257 e. The number of aryl methyl sites for hydroxylation is 1. The Morgan fingerprint density at radius 3 is 2.41 bits per heavy atom. The van der Waals surface area contributed by atoms with E-state index >= 15 is 0 Å². The zero-order valence-corrected chi connectivity index (χ0v) is 19.4. The number of hydrazone groups is 1. The Hall–Kier alpha value is -2.90. The van der Waals surface area contributed by atoms with Crippen LogP contribution in [0, 0.1) is 6.92 Å². The van der Waals surface area contributed by atoms with E-state index in [1.807, 2.05) is 18.2 Å². The average Bonchev–Trinajstić information content (AvgIpc) is 3.26. The molecule has 170 valence electrons. The normalized spacial score (nSPS) is 19.7. The predicted molar refractivity (Wildman–Crippen MR) is 125 cm³/mol. The molecule has 1 saturated heterocycles. The molecule has 0 N–H and O–H groups in total. The first-order valence-corrected chi connectivity index (χ1v) is 11.1. The molecule has 0 aliphatic carbocycles. The van der Waals surface area contributed by atoms with Crippen molar-refractivity contribution in [2.75, 3.05) is 54.0 Å². The fraction of sp³-hybridized carbons (Fsp3) is 0.440. The van der Waals surface area contributed by atoms with Gasteiger partial charge in [0.15, 0.2) is 0 Å². The maximum Gasteiger partial charge on any atom is 0.257 e. The summed E-state index contributed by atoms with van der Waals surface area (Å²) < 4.78 is 10.9. The maximum absolute atomic E-state index is 13.4. The number of hydrogen-bond donors (Lipinski definition) is 0. The van der Waals surface area contributed by atoms with E-state index in [1.165, 1.54) is 5.56 Å². The average molecular weight is 437 g/mol. The van der Waals surface area contributed by atoms with Gasteiger partial charge in [0.2, 0.25) is 0 Å². The van der Waals surface area contributed by atoms with Gasteiger partial charge >= 0.3 is 0 Å². The Bertz CT molecular complexity index is 981. The number of piperazine rings is 1. The second kappa shape index (κ2) is 9.71. The number of likely N-dealkylation sites (N-methyl/N-ethyl adjacent to an activating group) is 1. The van der Waals surface area contributed by atoms with Crippen LogP contribution in [0.15, 0.2) is 47.6 Å². The van der Waals surface area contributed by atoms with Crippen molar-refractivity contribution in [3.63, 3.8) is 0 Å². The van der Waals surface area contributed by atoms with Gasteiger partial charge in [-0.3, -0.25) is 9.69 Å². The summed E-state index contributed by atoms with van der Waals surface area (Å²) in [5.74, 6) is 1.45. The molecule has 0 bridgehead atoms. The van der Waals surface area contributed by atoms with Crippen molar-refractivity contribution in [1.82, 2.24) is 14.8 Å². The SMILES string of the molecule is COc1ccc(C2=NN(C(=O)CN3CCN(C)CC3)C(c3ccc(C)cc3)C2)c(OC)c1. The van der Waals surface area contributed by atoms with Crippen molar-refractivity contribution < 1.29 is 14.3 Å². The van der Waals surface area contributed by atoms with Gasteiger partial charge in [-0.05, 0) is 31.7 Å². The summed E-state index contributed by atoms with van der Waals surface area (Å²) in [6.45, 7) is 6.20. The lowest BCUT2D eigenvalue weighted by atomic mass is 9.97. The molecule has 2 aromatic rings. The Labute approximate surface area is 190 Å². The van der Waals surface area contributed by atoms with E-state index in [9.17, 15) is 4.79 Å². The standard InChI is InChI=1S/C25H32N4O3/c1-18-5-7-19(8-6-18)23-16-22(21-10-9-20(31-3)15-24(21)32-4)26-29(23)25(30)17-28-13-11-27(2)12-14-28/h5-10,15,23H,11-14,16-17H2,1-4H3. The molecule has 1 fully saturated rings. The van der Waals surface area contributed by atoms with E-state index in [1.54, 1.807) is 19.2 Å². The van der Waals surface area contributed by atoms with Crippen LogP contribution in [-0.4, -0.2) is 80.4 Å². The molecule has 2 heterocycles. The molecule has 32 heavy (non-hydrogen) atoms. The third-order valence-electron chi connectivity index (χ3n) is 6.30. The molecule has 4 rings (SSSR count). The molecule has 0 aromatic heterocycles. The van der Waals surface area contributed by atoms with Crippen molar-refractivity contribution in [3.8, 4) is 11.5 Å². The van der Waals surface area contributed by atoms with Gasteiger partial charge in [-0.1, -0.05) is 29.8 Å². The molecular formula is C25H32N4O3. The van der Waals surface area contributed by atoms with Crippen LogP contribution in [0.2, 0.25) is 0 Å². The van der Waals surface area contributed by atoms with E-state index in [0.29, 0.717) is 18.7 Å². The van der Waals surface area contributed by atoms with Crippen LogP contribution < -0.4 is 9.47 Å². The predicted octanol–water partition coefficient (Wildman–Crippen LogP) is 2.94. The molecular weight excluding hydrogens is 404 g/mol. The van der Waals surface area contributed by atoms with Crippen LogP contribution in [0.4, 0.5) is 0 Å². The van der Waals surface area contributed by atoms with Gasteiger partial charge in [-0.15, -0.1) is 0 Å². The second-order valence-corrected chi connectivity index (χ2v) is 8.56. The van der Waals surface area contributed by atoms with E-state index in [2.05, 4.69) is 48.0 Å². The lowest BCUT2D eigenvalue weighted by Crippen LogP contribution is -2.48. The molecule has 0 radical (unpaired) electrons. The van der Waals surface area contributed by atoms with Crippen LogP contribution in [-0.2, 0) is 4.79 Å². The first-order chi connectivity index (χ1) is 15.5. The Morgan fingerprint density at radius 2 is 1.75 bits per heavy atom. The third kappa shape index (κ3) is 4.79. The van der Waals surface area contributed by atoms with Crippen LogP contribution in [0.25, 0.3) is 0 Å². The van der Waals surface area contributed by atoms with Gasteiger partial charge in [0.1, 0.15) is 11.5 Å². The van der Waals surface area contributed by atoms with Crippen LogP contribution in [0.1, 0.15) is 29.2 Å². The number of methoxy groups -OCH3 is 2. The Balaban J connectivity index is 1.62. The molecule has 0 spiro atoms. The highest BCUT2D eigenvalue weighted by molar-refractivity contribution is 6.05. The summed E-state index contributed by atoms with van der Waals surface area (Å²) in [6.07, 6.45) is 0.639. The molecule has 7 nitrogen and oxygen atoms in total. The minimum absolute atomic E-state index is 0.0302. The van der Waals surface area contributed by atoms with Gasteiger partial charge in [0.25, 0.3) is 5.91 Å². The van der Waals surface area contributed by atoms with Gasteiger partial charge in [-0.2, -0.15) is 5.10 Å². The monoisotopic (exact) mass is 436 g/mol. The number of amides is 1. The van der Waals surface area contributed by atoms with Gasteiger partial charge in [-0.25, -0.2) is 5.01 Å². The van der Waals surface area contributed by atoms with Crippen molar-refractivity contribution in [2.24, 2.45) is 5.10 Å². The zero-order chi connectivity index (χ0) is 22.7. The lowest BCUT2D eigenvalue weighted by molar-refractivity contribution is -0.134. The number of rotatable bonds is 6. The lowest BCUT2D eigenvalue weighted by Gasteiger charge is -2.33. The number of carbonyl (C=O) groups is 1. The van der Waals surface area contributed by atoms with Crippen LogP contribution >= 0.6 is 0 Å². The highest BCUT2D eigenvalue weighted by atomic mass is 16.5. The fourth-order valence-electron chi connectivity index (χ4n) is 4.26. The summed E-state index contributed by atoms with van der Waals surface area (Å²) in [7, 11) is 5.39. The first kappa shape index (κ1) is 22.3.